The maximum atomic E-state index is 11.1. The Morgan fingerprint density at radius 3 is 2.17 bits per heavy atom. The molecule has 4 atom stereocenters. The molecule has 0 aliphatic carbocycles. The van der Waals surface area contributed by atoms with Gasteiger partial charge in [-0.15, -0.1) is 0 Å². The molecule has 0 aliphatic rings. The van der Waals surface area contributed by atoms with Gasteiger partial charge < -0.3 is 14.8 Å². The van der Waals surface area contributed by atoms with Crippen LogP contribution in [0.15, 0.2) is 40.3 Å². The van der Waals surface area contributed by atoms with Crippen molar-refractivity contribution in [3.63, 3.8) is 0 Å². The number of furan rings is 1. The first-order valence-electron chi connectivity index (χ1n) is 13.2. The molecule has 36 heavy (non-hydrogen) atoms. The molecule has 0 saturated carbocycles. The molecule has 1 heterocycles. The molecular weight excluding hydrogens is 452 g/mol. The molecule has 2 N–H and O–H groups in total. The highest BCUT2D eigenvalue weighted by molar-refractivity contribution is 5.99. The van der Waals surface area contributed by atoms with E-state index in [0.29, 0.717) is 24.7 Å². The Kier molecular flexibility index (Phi) is 13.2. The molecule has 1 amide bonds. The Bertz CT molecular complexity index is 1040. The summed E-state index contributed by atoms with van der Waals surface area (Å²) < 4.78 is 6.09. The molecular formula is C30H46N2O4. The molecule has 1 aromatic heterocycles. The van der Waals surface area contributed by atoms with E-state index in [9.17, 15) is 9.59 Å². The van der Waals surface area contributed by atoms with Gasteiger partial charge in [-0.25, -0.2) is 0 Å². The number of carboxylic acids is 1. The average molecular weight is 499 g/mol. The lowest BCUT2D eigenvalue weighted by Crippen LogP contribution is -2.23. The van der Waals surface area contributed by atoms with Crippen molar-refractivity contribution in [2.45, 2.75) is 80.6 Å². The minimum absolute atomic E-state index is 0.0190. The smallest absolute Gasteiger partial charge is 0.306 e. The zero-order valence-corrected chi connectivity index (χ0v) is 23.5. The van der Waals surface area contributed by atoms with E-state index in [0.717, 1.165) is 53.0 Å². The van der Waals surface area contributed by atoms with Gasteiger partial charge in [0.1, 0.15) is 11.3 Å². The van der Waals surface area contributed by atoms with Gasteiger partial charge in [0, 0.05) is 24.6 Å². The quantitative estimate of drug-likeness (QED) is 0.291. The first-order chi connectivity index (χ1) is 17.0. The number of benzene rings is 1. The summed E-state index contributed by atoms with van der Waals surface area (Å²) in [6.45, 7) is 18.8. The third-order valence-corrected chi connectivity index (χ3v) is 7.12. The number of carbonyl (C=O) groups excluding carboxylic acids is 1. The Hall–Kier alpha value is -2.89. The minimum Gasteiger partial charge on any atom is -0.481 e. The monoisotopic (exact) mass is 498 g/mol. The molecule has 2 rings (SSSR count). The number of carbonyl (C=O) groups is 2. The third-order valence-electron chi connectivity index (χ3n) is 7.12. The number of hydrogen-bond donors (Lipinski definition) is 2. The van der Waals surface area contributed by atoms with Crippen LogP contribution >= 0.6 is 0 Å². The number of allylic oxidation sites excluding steroid dienone is 1. The summed E-state index contributed by atoms with van der Waals surface area (Å²) in [5.74, 6) is 0.690. The van der Waals surface area contributed by atoms with Gasteiger partial charge in [0.05, 0.1) is 5.92 Å². The molecule has 200 valence electrons. The standard InChI is InChI=1S/C20H27NO.C10H19NO3/c1-7-13(3)15(5)20-19(21-16(6)14(4)8-2)17-11-9-10-12-18(17)22-20;1-4-8(6-9(12)11-3)5-7(2)10(13)14/h9-14H,5,7-8H2,1-4,6H3;7-8H,4-6H2,1-3H3,(H,11,12)(H,13,14). The van der Waals surface area contributed by atoms with Crippen LogP contribution in [0.4, 0.5) is 5.69 Å². The molecule has 0 aliphatic heterocycles. The highest BCUT2D eigenvalue weighted by Crippen LogP contribution is 2.40. The van der Waals surface area contributed by atoms with Gasteiger partial charge in [-0.2, -0.15) is 0 Å². The van der Waals surface area contributed by atoms with Gasteiger partial charge in [0.2, 0.25) is 5.91 Å². The Morgan fingerprint density at radius 1 is 1.03 bits per heavy atom. The minimum atomic E-state index is -0.791. The highest BCUT2D eigenvalue weighted by Gasteiger charge is 2.20. The second-order valence-corrected chi connectivity index (χ2v) is 9.80. The van der Waals surface area contributed by atoms with Crippen molar-refractivity contribution < 1.29 is 19.1 Å². The normalized spacial score (nSPS) is 14.8. The highest BCUT2D eigenvalue weighted by atomic mass is 16.4. The number of hydrogen-bond acceptors (Lipinski definition) is 4. The van der Waals surface area contributed by atoms with Crippen molar-refractivity contribution in [2.75, 3.05) is 7.05 Å². The number of aliphatic carboxylic acids is 1. The van der Waals surface area contributed by atoms with E-state index in [4.69, 9.17) is 14.5 Å². The number of nitrogens with zero attached hydrogens (tertiary/aromatic N) is 1. The van der Waals surface area contributed by atoms with Crippen LogP contribution in [0.3, 0.4) is 0 Å². The van der Waals surface area contributed by atoms with E-state index >= 15 is 0 Å². The second kappa shape index (κ2) is 15.3. The van der Waals surface area contributed by atoms with Crippen LogP contribution in [-0.2, 0) is 9.59 Å². The fourth-order valence-corrected chi connectivity index (χ4v) is 3.77. The van der Waals surface area contributed by atoms with Gasteiger partial charge in [-0.3, -0.25) is 14.6 Å². The number of fused-ring (bicyclic) bond motifs is 1. The number of rotatable bonds is 12. The largest absolute Gasteiger partial charge is 0.481 e. The van der Waals surface area contributed by atoms with Crippen LogP contribution in [0.1, 0.15) is 86.3 Å². The molecule has 0 fully saturated rings. The van der Waals surface area contributed by atoms with Crippen LogP contribution in [-0.4, -0.2) is 29.7 Å². The maximum Gasteiger partial charge on any atom is 0.306 e. The summed E-state index contributed by atoms with van der Waals surface area (Å²) >= 11 is 0. The van der Waals surface area contributed by atoms with Gasteiger partial charge in [0.15, 0.2) is 5.76 Å². The fraction of sp³-hybridized carbons (Fsp3) is 0.567. The van der Waals surface area contributed by atoms with Crippen LogP contribution < -0.4 is 5.32 Å². The zero-order chi connectivity index (χ0) is 27.4. The van der Waals surface area contributed by atoms with E-state index in [1.54, 1.807) is 14.0 Å². The molecule has 4 unspecified atom stereocenters. The Balaban J connectivity index is 0.000000402. The first kappa shape index (κ1) is 31.1. The topological polar surface area (TPSA) is 91.9 Å². The summed E-state index contributed by atoms with van der Waals surface area (Å²) in [6, 6.07) is 8.11. The molecule has 0 bridgehead atoms. The van der Waals surface area contributed by atoms with E-state index in [1.165, 1.54) is 0 Å². The van der Waals surface area contributed by atoms with E-state index in [1.807, 2.05) is 25.1 Å². The number of carboxylic acid groups (broad SMARTS) is 1. The van der Waals surface area contributed by atoms with Crippen LogP contribution in [0.2, 0.25) is 0 Å². The summed E-state index contributed by atoms with van der Waals surface area (Å²) in [5.41, 5.74) is 4.01. The SMILES string of the molecule is C=C(c1oc2ccccc2c1N=C(C)C(C)CC)C(C)CC.CCC(CC(=O)NC)CC(C)C(=O)O. The van der Waals surface area contributed by atoms with E-state index in [2.05, 4.69) is 52.6 Å². The van der Waals surface area contributed by atoms with Crippen molar-refractivity contribution in [2.24, 2.45) is 28.7 Å². The van der Waals surface area contributed by atoms with Gasteiger partial charge in [-0.05, 0) is 61.6 Å². The zero-order valence-electron chi connectivity index (χ0n) is 23.5. The van der Waals surface area contributed by atoms with Crippen LogP contribution in [0.25, 0.3) is 16.5 Å². The summed E-state index contributed by atoms with van der Waals surface area (Å²) in [4.78, 5) is 26.6. The Labute approximate surface area is 217 Å². The lowest BCUT2D eigenvalue weighted by molar-refractivity contribution is -0.142. The number of nitrogens with one attached hydrogen (secondary N) is 1. The van der Waals surface area contributed by atoms with Gasteiger partial charge >= 0.3 is 5.97 Å². The van der Waals surface area contributed by atoms with Crippen LogP contribution in [0, 0.1) is 23.7 Å². The maximum absolute atomic E-state index is 11.1. The second-order valence-electron chi connectivity index (χ2n) is 9.80. The molecule has 0 saturated heterocycles. The molecule has 0 spiro atoms. The summed E-state index contributed by atoms with van der Waals surface area (Å²) in [7, 11) is 1.59. The molecule has 6 nitrogen and oxygen atoms in total. The van der Waals surface area contributed by atoms with Crippen molar-refractivity contribution in [1.29, 1.82) is 0 Å². The predicted octanol–water partition coefficient (Wildman–Crippen LogP) is 7.89. The van der Waals surface area contributed by atoms with Gasteiger partial charge in [0.25, 0.3) is 0 Å². The van der Waals surface area contributed by atoms with Crippen molar-refractivity contribution in [3.05, 3.63) is 36.6 Å². The van der Waals surface area contributed by atoms with E-state index < -0.39 is 5.97 Å². The molecule has 2 aromatic rings. The molecule has 0 radical (unpaired) electrons. The molecule has 6 heteroatoms. The average Bonchev–Trinajstić information content (AvgIpc) is 3.24. The van der Waals surface area contributed by atoms with Crippen LogP contribution in [0.5, 0.6) is 0 Å². The lowest BCUT2D eigenvalue weighted by Gasteiger charge is -2.16. The fourth-order valence-electron chi connectivity index (χ4n) is 3.77. The van der Waals surface area contributed by atoms with Gasteiger partial charge in [-0.1, -0.05) is 66.7 Å². The summed E-state index contributed by atoms with van der Waals surface area (Å²) in [6.07, 6.45) is 3.96. The number of amides is 1. The molecule has 1 aromatic carbocycles. The Morgan fingerprint density at radius 2 is 1.64 bits per heavy atom. The van der Waals surface area contributed by atoms with Crippen molar-refractivity contribution >= 4 is 39.8 Å². The summed E-state index contributed by atoms with van der Waals surface area (Å²) in [5, 5.41) is 12.3. The van der Waals surface area contributed by atoms with E-state index in [-0.39, 0.29) is 17.7 Å². The lowest BCUT2D eigenvalue weighted by atomic mass is 9.91. The van der Waals surface area contributed by atoms with Crippen molar-refractivity contribution in [1.82, 2.24) is 5.32 Å². The number of para-hydroxylation sites is 1. The predicted molar refractivity (Wildman–Crippen MR) is 151 cm³/mol. The number of aliphatic imine (C=N–C) groups is 1. The third kappa shape index (κ3) is 8.96. The first-order valence-corrected chi connectivity index (χ1v) is 13.2. The van der Waals surface area contributed by atoms with Crippen molar-refractivity contribution in [3.8, 4) is 0 Å².